The zero-order chi connectivity index (χ0) is 9.68. The summed E-state index contributed by atoms with van der Waals surface area (Å²) in [6.07, 6.45) is 3.77. The Morgan fingerprint density at radius 3 is 2.85 bits per heavy atom. The second-order valence-electron chi connectivity index (χ2n) is 3.30. The number of aryl methyl sites for hydroxylation is 1. The Morgan fingerprint density at radius 1 is 1.46 bits per heavy atom. The third-order valence-corrected chi connectivity index (χ3v) is 2.02. The quantitative estimate of drug-likeness (QED) is 0.689. The molecule has 1 heterocycles. The molecule has 0 aliphatic carbocycles. The van der Waals surface area contributed by atoms with Gasteiger partial charge in [-0.15, -0.1) is 11.6 Å². The summed E-state index contributed by atoms with van der Waals surface area (Å²) in [6, 6.07) is 2.15. The third-order valence-electron chi connectivity index (χ3n) is 1.85. The molecule has 13 heavy (non-hydrogen) atoms. The van der Waals surface area contributed by atoms with Crippen molar-refractivity contribution in [1.29, 1.82) is 0 Å². The van der Waals surface area contributed by atoms with Gasteiger partial charge in [-0.2, -0.15) is 0 Å². The minimum atomic E-state index is 0.676. The number of alkyl halides is 1. The van der Waals surface area contributed by atoms with E-state index >= 15 is 0 Å². The lowest BCUT2D eigenvalue weighted by molar-refractivity contribution is 0.347. The van der Waals surface area contributed by atoms with E-state index in [2.05, 4.69) is 29.9 Å². The smallest absolute Gasteiger partial charge is 0.0351 e. The number of nitrogens with zero attached hydrogens (tertiary/aromatic N) is 2. The van der Waals surface area contributed by atoms with Gasteiger partial charge in [-0.1, -0.05) is 6.07 Å². The normalized spacial score (nSPS) is 10.8. The van der Waals surface area contributed by atoms with E-state index in [9.17, 15) is 0 Å². The SMILES string of the molecule is Cc1cncc(CN(C)CCCl)c1. The fraction of sp³-hybridized carbons (Fsp3) is 0.500. The molecule has 0 aliphatic heterocycles. The van der Waals surface area contributed by atoms with Gasteiger partial charge in [-0.3, -0.25) is 4.98 Å². The van der Waals surface area contributed by atoms with E-state index in [0.29, 0.717) is 5.88 Å². The molecule has 0 aliphatic rings. The first kappa shape index (κ1) is 10.5. The Hall–Kier alpha value is -0.600. The van der Waals surface area contributed by atoms with E-state index in [1.165, 1.54) is 11.1 Å². The summed E-state index contributed by atoms with van der Waals surface area (Å²) in [5.41, 5.74) is 2.45. The summed E-state index contributed by atoms with van der Waals surface area (Å²) >= 11 is 5.64. The maximum atomic E-state index is 5.64. The lowest BCUT2D eigenvalue weighted by Gasteiger charge is -2.14. The highest BCUT2D eigenvalue weighted by atomic mass is 35.5. The van der Waals surface area contributed by atoms with Crippen LogP contribution in [0.15, 0.2) is 18.5 Å². The Kier molecular flexibility index (Phi) is 4.19. The monoisotopic (exact) mass is 198 g/mol. The first-order chi connectivity index (χ1) is 6.22. The molecule has 0 radical (unpaired) electrons. The molecule has 1 rings (SSSR count). The molecule has 1 aromatic heterocycles. The number of hydrogen-bond donors (Lipinski definition) is 0. The van der Waals surface area contributed by atoms with Crippen LogP contribution in [0.1, 0.15) is 11.1 Å². The van der Waals surface area contributed by atoms with Crippen molar-refractivity contribution in [3.05, 3.63) is 29.6 Å². The molecule has 72 valence electrons. The molecule has 0 amide bonds. The summed E-state index contributed by atoms with van der Waals surface area (Å²) in [5.74, 6) is 0.676. The zero-order valence-corrected chi connectivity index (χ0v) is 8.88. The van der Waals surface area contributed by atoms with Crippen LogP contribution in [-0.4, -0.2) is 29.4 Å². The molecule has 2 nitrogen and oxygen atoms in total. The second kappa shape index (κ2) is 5.20. The van der Waals surface area contributed by atoms with E-state index in [1.54, 1.807) is 0 Å². The van der Waals surface area contributed by atoms with Gasteiger partial charge in [0.1, 0.15) is 0 Å². The van der Waals surface area contributed by atoms with Crippen molar-refractivity contribution in [1.82, 2.24) is 9.88 Å². The minimum absolute atomic E-state index is 0.676. The number of hydrogen-bond acceptors (Lipinski definition) is 2. The summed E-state index contributed by atoms with van der Waals surface area (Å²) in [4.78, 5) is 6.32. The van der Waals surface area contributed by atoms with E-state index in [-0.39, 0.29) is 0 Å². The molecule has 0 fully saturated rings. The lowest BCUT2D eigenvalue weighted by Crippen LogP contribution is -2.20. The highest BCUT2D eigenvalue weighted by Gasteiger charge is 1.99. The van der Waals surface area contributed by atoms with Gasteiger partial charge in [0.05, 0.1) is 0 Å². The van der Waals surface area contributed by atoms with Crippen molar-refractivity contribution in [3.63, 3.8) is 0 Å². The standard InChI is InChI=1S/C10H15ClN2/c1-9-5-10(7-12-6-9)8-13(2)4-3-11/h5-7H,3-4,8H2,1-2H3. The molecular weight excluding hydrogens is 184 g/mol. The molecule has 0 bridgehead atoms. The Morgan fingerprint density at radius 2 is 2.23 bits per heavy atom. The molecule has 0 unspecified atom stereocenters. The summed E-state index contributed by atoms with van der Waals surface area (Å²) < 4.78 is 0. The van der Waals surface area contributed by atoms with Gasteiger partial charge >= 0.3 is 0 Å². The molecule has 0 spiro atoms. The van der Waals surface area contributed by atoms with Crippen LogP contribution in [0.3, 0.4) is 0 Å². The number of rotatable bonds is 4. The van der Waals surface area contributed by atoms with Crippen molar-refractivity contribution >= 4 is 11.6 Å². The van der Waals surface area contributed by atoms with Crippen molar-refractivity contribution in [3.8, 4) is 0 Å². The Labute approximate surface area is 84.5 Å². The average molecular weight is 199 g/mol. The maximum Gasteiger partial charge on any atom is 0.0351 e. The number of aromatic nitrogens is 1. The van der Waals surface area contributed by atoms with Crippen LogP contribution in [0.5, 0.6) is 0 Å². The molecule has 0 saturated heterocycles. The van der Waals surface area contributed by atoms with Crippen molar-refractivity contribution in [2.24, 2.45) is 0 Å². The third kappa shape index (κ3) is 3.75. The van der Waals surface area contributed by atoms with Crippen LogP contribution < -0.4 is 0 Å². The van der Waals surface area contributed by atoms with E-state index in [1.807, 2.05) is 12.4 Å². The lowest BCUT2D eigenvalue weighted by atomic mass is 10.2. The van der Waals surface area contributed by atoms with Crippen LogP contribution in [-0.2, 0) is 6.54 Å². The highest BCUT2D eigenvalue weighted by Crippen LogP contribution is 2.04. The molecule has 3 heteroatoms. The topological polar surface area (TPSA) is 16.1 Å². The van der Waals surface area contributed by atoms with Crippen LogP contribution in [0.4, 0.5) is 0 Å². The largest absolute Gasteiger partial charge is 0.301 e. The van der Waals surface area contributed by atoms with Crippen LogP contribution >= 0.6 is 11.6 Å². The zero-order valence-electron chi connectivity index (χ0n) is 8.13. The minimum Gasteiger partial charge on any atom is -0.301 e. The van der Waals surface area contributed by atoms with Gasteiger partial charge in [0.25, 0.3) is 0 Å². The van der Waals surface area contributed by atoms with Crippen LogP contribution in [0.2, 0.25) is 0 Å². The molecule has 0 N–H and O–H groups in total. The summed E-state index contributed by atoms with van der Waals surface area (Å²) in [5, 5.41) is 0. The van der Waals surface area contributed by atoms with Crippen molar-refractivity contribution < 1.29 is 0 Å². The van der Waals surface area contributed by atoms with Gasteiger partial charge in [0.2, 0.25) is 0 Å². The highest BCUT2D eigenvalue weighted by molar-refractivity contribution is 6.18. The molecule has 0 saturated carbocycles. The summed E-state index contributed by atoms with van der Waals surface area (Å²) in [6.45, 7) is 3.88. The summed E-state index contributed by atoms with van der Waals surface area (Å²) in [7, 11) is 2.06. The van der Waals surface area contributed by atoms with Crippen molar-refractivity contribution in [2.75, 3.05) is 19.5 Å². The van der Waals surface area contributed by atoms with Gasteiger partial charge in [-0.05, 0) is 25.1 Å². The molecule has 0 atom stereocenters. The van der Waals surface area contributed by atoms with Crippen LogP contribution in [0, 0.1) is 6.92 Å². The Balaban J connectivity index is 2.53. The fourth-order valence-corrected chi connectivity index (χ4v) is 1.53. The van der Waals surface area contributed by atoms with Gasteiger partial charge in [-0.25, -0.2) is 0 Å². The molecular formula is C10H15ClN2. The maximum absolute atomic E-state index is 5.64. The van der Waals surface area contributed by atoms with Crippen LogP contribution in [0.25, 0.3) is 0 Å². The van der Waals surface area contributed by atoms with E-state index < -0.39 is 0 Å². The van der Waals surface area contributed by atoms with Gasteiger partial charge in [0, 0.05) is 31.4 Å². The number of halogens is 1. The fourth-order valence-electron chi connectivity index (χ4n) is 1.24. The van der Waals surface area contributed by atoms with Gasteiger partial charge < -0.3 is 4.90 Å². The molecule has 1 aromatic rings. The first-order valence-corrected chi connectivity index (χ1v) is 4.91. The van der Waals surface area contributed by atoms with Gasteiger partial charge in [0.15, 0.2) is 0 Å². The van der Waals surface area contributed by atoms with Crippen molar-refractivity contribution in [2.45, 2.75) is 13.5 Å². The molecule has 0 aromatic carbocycles. The van der Waals surface area contributed by atoms with E-state index in [4.69, 9.17) is 11.6 Å². The predicted octanol–water partition coefficient (Wildman–Crippen LogP) is 2.06. The average Bonchev–Trinajstić information content (AvgIpc) is 2.04. The second-order valence-corrected chi connectivity index (χ2v) is 3.68. The Bertz CT molecular complexity index is 263. The predicted molar refractivity (Wildman–Crippen MR) is 56.0 cm³/mol. The number of pyridine rings is 1. The first-order valence-electron chi connectivity index (χ1n) is 4.37. The van der Waals surface area contributed by atoms with E-state index in [0.717, 1.165) is 13.1 Å².